The molecular formula is C13H17NOS. The normalized spacial score (nSPS) is 19.3. The third-order valence-corrected chi connectivity index (χ3v) is 3.69. The summed E-state index contributed by atoms with van der Waals surface area (Å²) in [7, 11) is 0. The van der Waals surface area contributed by atoms with Gasteiger partial charge in [-0.25, -0.2) is 4.99 Å². The molecule has 16 heavy (non-hydrogen) atoms. The fourth-order valence-electron chi connectivity index (χ4n) is 1.60. The summed E-state index contributed by atoms with van der Waals surface area (Å²) in [6.45, 7) is 3.01. The zero-order valence-corrected chi connectivity index (χ0v) is 10.4. The predicted octanol–water partition coefficient (Wildman–Crippen LogP) is 2.98. The van der Waals surface area contributed by atoms with E-state index in [1.54, 1.807) is 0 Å². The van der Waals surface area contributed by atoms with Crippen molar-refractivity contribution in [3.8, 4) is 0 Å². The first-order valence-corrected chi connectivity index (χ1v) is 6.90. The summed E-state index contributed by atoms with van der Waals surface area (Å²) >= 11 is 1.95. The van der Waals surface area contributed by atoms with Gasteiger partial charge in [0.1, 0.15) is 6.10 Å². The molecule has 0 saturated heterocycles. The largest absolute Gasteiger partial charge is 0.471 e. The molecule has 1 aromatic carbocycles. The Morgan fingerprint density at radius 2 is 2.19 bits per heavy atom. The van der Waals surface area contributed by atoms with E-state index in [-0.39, 0.29) is 6.10 Å². The lowest BCUT2D eigenvalue weighted by atomic mass is 10.2. The lowest BCUT2D eigenvalue weighted by Gasteiger charge is -2.10. The minimum Gasteiger partial charge on any atom is -0.471 e. The molecule has 1 aliphatic heterocycles. The lowest BCUT2D eigenvalue weighted by molar-refractivity contribution is 0.251. The zero-order valence-electron chi connectivity index (χ0n) is 9.56. The maximum atomic E-state index is 5.82. The Morgan fingerprint density at radius 3 is 2.94 bits per heavy atom. The van der Waals surface area contributed by atoms with E-state index in [0.717, 1.165) is 23.8 Å². The van der Waals surface area contributed by atoms with Gasteiger partial charge >= 0.3 is 0 Å². The fourth-order valence-corrected chi connectivity index (χ4v) is 2.49. The van der Waals surface area contributed by atoms with Gasteiger partial charge in [0, 0.05) is 11.3 Å². The van der Waals surface area contributed by atoms with E-state index in [0.29, 0.717) is 0 Å². The van der Waals surface area contributed by atoms with E-state index in [1.165, 1.54) is 12.2 Å². The van der Waals surface area contributed by atoms with Crippen molar-refractivity contribution in [2.24, 2.45) is 4.99 Å². The second kappa shape index (κ2) is 5.94. The van der Waals surface area contributed by atoms with Gasteiger partial charge in [0.05, 0.1) is 6.54 Å². The molecule has 0 aromatic heterocycles. The molecule has 3 heteroatoms. The van der Waals surface area contributed by atoms with E-state index in [2.05, 4.69) is 11.9 Å². The highest BCUT2D eigenvalue weighted by Crippen LogP contribution is 2.16. The Bertz CT molecular complexity index is 350. The minimum absolute atomic E-state index is 0.270. The van der Waals surface area contributed by atoms with Crippen LogP contribution >= 0.6 is 11.8 Å². The predicted molar refractivity (Wildman–Crippen MR) is 70.3 cm³/mol. The minimum atomic E-state index is 0.270. The summed E-state index contributed by atoms with van der Waals surface area (Å²) in [5.74, 6) is 3.07. The molecule has 0 saturated carbocycles. The van der Waals surface area contributed by atoms with E-state index in [9.17, 15) is 0 Å². The van der Waals surface area contributed by atoms with Crippen LogP contribution in [-0.4, -0.2) is 30.1 Å². The average molecular weight is 235 g/mol. The molecule has 0 N–H and O–H groups in total. The second-order valence-corrected chi connectivity index (χ2v) is 4.98. The topological polar surface area (TPSA) is 21.6 Å². The van der Waals surface area contributed by atoms with Crippen LogP contribution in [-0.2, 0) is 4.74 Å². The highest BCUT2D eigenvalue weighted by Gasteiger charge is 2.20. The van der Waals surface area contributed by atoms with Crippen molar-refractivity contribution in [3.05, 3.63) is 35.9 Å². The zero-order chi connectivity index (χ0) is 11.2. The summed E-state index contributed by atoms with van der Waals surface area (Å²) in [4.78, 5) is 4.45. The van der Waals surface area contributed by atoms with E-state index in [1.807, 2.05) is 42.1 Å². The van der Waals surface area contributed by atoms with Crippen LogP contribution < -0.4 is 0 Å². The summed E-state index contributed by atoms with van der Waals surface area (Å²) in [6, 6.07) is 10.1. The van der Waals surface area contributed by atoms with Crippen molar-refractivity contribution >= 4 is 17.7 Å². The van der Waals surface area contributed by atoms with Crippen molar-refractivity contribution in [2.45, 2.75) is 19.4 Å². The molecule has 2 rings (SSSR count). The number of rotatable bonds is 5. The van der Waals surface area contributed by atoms with E-state index >= 15 is 0 Å². The van der Waals surface area contributed by atoms with Crippen LogP contribution in [0.25, 0.3) is 0 Å². The standard InChI is InChI=1S/C13H17NOS/c1-2-8-16-10-12-9-14-13(15-12)11-6-4-3-5-7-11/h3-7,12H,2,8-10H2,1H3. The Hall–Kier alpha value is -0.960. The SMILES string of the molecule is CCCSCC1CN=C(c2ccccc2)O1. The van der Waals surface area contributed by atoms with Gasteiger partial charge in [0.2, 0.25) is 5.90 Å². The molecule has 1 aliphatic rings. The van der Waals surface area contributed by atoms with Gasteiger partial charge in [-0.1, -0.05) is 25.1 Å². The molecule has 0 amide bonds. The Morgan fingerprint density at radius 1 is 1.38 bits per heavy atom. The number of ether oxygens (including phenoxy) is 1. The fraction of sp³-hybridized carbons (Fsp3) is 0.462. The molecular weight excluding hydrogens is 218 g/mol. The van der Waals surface area contributed by atoms with Gasteiger partial charge in [0.25, 0.3) is 0 Å². The van der Waals surface area contributed by atoms with Crippen LogP contribution in [0.1, 0.15) is 18.9 Å². The lowest BCUT2D eigenvalue weighted by Crippen LogP contribution is -2.16. The van der Waals surface area contributed by atoms with Crippen molar-refractivity contribution < 1.29 is 4.74 Å². The van der Waals surface area contributed by atoms with Gasteiger partial charge < -0.3 is 4.74 Å². The molecule has 0 radical (unpaired) electrons. The number of aliphatic imine (C=N–C) groups is 1. The van der Waals surface area contributed by atoms with Crippen LogP contribution in [0.4, 0.5) is 0 Å². The highest BCUT2D eigenvalue weighted by atomic mass is 32.2. The first-order valence-electron chi connectivity index (χ1n) is 5.74. The van der Waals surface area contributed by atoms with Gasteiger partial charge in [-0.15, -0.1) is 0 Å². The maximum absolute atomic E-state index is 5.82. The van der Waals surface area contributed by atoms with Crippen molar-refractivity contribution in [1.82, 2.24) is 0 Å². The molecule has 0 bridgehead atoms. The molecule has 1 heterocycles. The van der Waals surface area contributed by atoms with Crippen LogP contribution in [0, 0.1) is 0 Å². The number of benzene rings is 1. The highest BCUT2D eigenvalue weighted by molar-refractivity contribution is 7.99. The molecule has 1 unspecified atom stereocenters. The monoisotopic (exact) mass is 235 g/mol. The number of hydrogen-bond acceptors (Lipinski definition) is 3. The third kappa shape index (κ3) is 3.01. The molecule has 0 fully saturated rings. The number of hydrogen-bond donors (Lipinski definition) is 0. The van der Waals surface area contributed by atoms with Crippen LogP contribution in [0.2, 0.25) is 0 Å². The second-order valence-electron chi connectivity index (χ2n) is 3.83. The van der Waals surface area contributed by atoms with E-state index in [4.69, 9.17) is 4.74 Å². The third-order valence-electron chi connectivity index (χ3n) is 2.39. The smallest absolute Gasteiger partial charge is 0.216 e. The van der Waals surface area contributed by atoms with Gasteiger partial charge in [0.15, 0.2) is 0 Å². The van der Waals surface area contributed by atoms with Crippen LogP contribution in [0.3, 0.4) is 0 Å². The molecule has 1 atom stereocenters. The van der Waals surface area contributed by atoms with Crippen molar-refractivity contribution in [1.29, 1.82) is 0 Å². The average Bonchev–Trinajstić information content (AvgIpc) is 2.79. The van der Waals surface area contributed by atoms with Gasteiger partial charge in [-0.2, -0.15) is 11.8 Å². The van der Waals surface area contributed by atoms with Crippen molar-refractivity contribution in [2.75, 3.05) is 18.1 Å². The molecule has 2 nitrogen and oxygen atoms in total. The van der Waals surface area contributed by atoms with Crippen LogP contribution in [0.5, 0.6) is 0 Å². The summed E-state index contributed by atoms with van der Waals surface area (Å²) in [6.07, 6.45) is 1.50. The number of thioether (sulfide) groups is 1. The molecule has 0 aliphatic carbocycles. The quantitative estimate of drug-likeness (QED) is 0.732. The molecule has 0 spiro atoms. The maximum Gasteiger partial charge on any atom is 0.216 e. The Balaban J connectivity index is 1.83. The van der Waals surface area contributed by atoms with Gasteiger partial charge in [-0.05, 0) is 24.3 Å². The molecule has 1 aromatic rings. The summed E-state index contributed by atoms with van der Waals surface area (Å²) < 4.78 is 5.82. The Kier molecular flexibility index (Phi) is 4.28. The number of nitrogens with zero attached hydrogens (tertiary/aromatic N) is 1. The van der Waals surface area contributed by atoms with Gasteiger partial charge in [-0.3, -0.25) is 0 Å². The first kappa shape index (κ1) is 11.5. The van der Waals surface area contributed by atoms with E-state index < -0.39 is 0 Å². The summed E-state index contributed by atoms with van der Waals surface area (Å²) in [5, 5.41) is 0. The Labute approximate surface area is 101 Å². The summed E-state index contributed by atoms with van der Waals surface area (Å²) in [5.41, 5.74) is 1.09. The van der Waals surface area contributed by atoms with Crippen molar-refractivity contribution in [3.63, 3.8) is 0 Å². The first-order chi connectivity index (χ1) is 7.90. The van der Waals surface area contributed by atoms with Crippen LogP contribution in [0.15, 0.2) is 35.3 Å². The molecule has 86 valence electrons.